The number of guanidine groups is 1. The summed E-state index contributed by atoms with van der Waals surface area (Å²) < 4.78 is 2.05. The van der Waals surface area contributed by atoms with Gasteiger partial charge in [-0.3, -0.25) is 0 Å². The second kappa shape index (κ2) is 8.10. The fourth-order valence-electron chi connectivity index (χ4n) is 1.22. The van der Waals surface area contributed by atoms with Crippen LogP contribution in [0.1, 0.15) is 12.7 Å². The van der Waals surface area contributed by atoms with Gasteiger partial charge in [0.05, 0.1) is 6.54 Å². The number of imidazole rings is 1. The van der Waals surface area contributed by atoms with E-state index < -0.39 is 0 Å². The monoisotopic (exact) mass is 349 g/mol. The van der Waals surface area contributed by atoms with E-state index in [1.807, 2.05) is 20.0 Å². The molecule has 1 aromatic rings. The van der Waals surface area contributed by atoms with Crippen molar-refractivity contribution in [3.05, 3.63) is 30.4 Å². The lowest BCUT2D eigenvalue weighted by atomic mass is 10.4. The second-order valence-corrected chi connectivity index (χ2v) is 3.75. The Morgan fingerprint density at radius 3 is 2.88 bits per heavy atom. The summed E-state index contributed by atoms with van der Waals surface area (Å²) in [6.07, 6.45) is 3.73. The van der Waals surface area contributed by atoms with Crippen molar-refractivity contribution < 1.29 is 0 Å². The highest BCUT2D eigenvalue weighted by Gasteiger charge is 1.96. The van der Waals surface area contributed by atoms with Crippen LogP contribution in [0.3, 0.4) is 0 Å². The van der Waals surface area contributed by atoms with Gasteiger partial charge in [0.1, 0.15) is 5.82 Å². The summed E-state index contributed by atoms with van der Waals surface area (Å²) in [5, 5.41) is 3.04. The van der Waals surface area contributed by atoms with E-state index in [2.05, 4.69) is 26.4 Å². The first-order chi connectivity index (χ1) is 7.59. The minimum absolute atomic E-state index is 0. The summed E-state index contributed by atoms with van der Waals surface area (Å²) >= 11 is 0. The van der Waals surface area contributed by atoms with Crippen LogP contribution in [0, 0.1) is 6.92 Å². The molecule has 5 nitrogen and oxygen atoms in total. The van der Waals surface area contributed by atoms with Crippen molar-refractivity contribution >= 4 is 29.9 Å². The number of nitrogens with zero attached hydrogens (tertiary/aromatic N) is 3. The lowest BCUT2D eigenvalue weighted by Crippen LogP contribution is -2.34. The largest absolute Gasteiger partial charge is 0.370 e. The summed E-state index contributed by atoms with van der Waals surface area (Å²) in [6, 6.07) is 0. The summed E-state index contributed by atoms with van der Waals surface area (Å²) in [4.78, 5) is 8.26. The van der Waals surface area contributed by atoms with E-state index >= 15 is 0 Å². The first kappa shape index (κ1) is 16.0. The Bertz CT molecular complexity index is 383. The van der Waals surface area contributed by atoms with Gasteiger partial charge in [-0.15, -0.1) is 24.0 Å². The number of halogens is 1. The number of nitrogens with two attached hydrogens (primary N) is 1. The number of nitrogens with one attached hydrogen (secondary N) is 1. The molecule has 0 bridgehead atoms. The average molecular weight is 349 g/mol. The number of rotatable bonds is 5. The van der Waals surface area contributed by atoms with Crippen molar-refractivity contribution in [2.45, 2.75) is 20.4 Å². The summed E-state index contributed by atoms with van der Waals surface area (Å²) in [7, 11) is 0. The van der Waals surface area contributed by atoms with Gasteiger partial charge in [0.2, 0.25) is 0 Å². The van der Waals surface area contributed by atoms with Crippen LogP contribution in [0.15, 0.2) is 29.5 Å². The lowest BCUT2D eigenvalue weighted by molar-refractivity contribution is 0.652. The molecule has 17 heavy (non-hydrogen) atoms. The molecular weight excluding hydrogens is 329 g/mol. The van der Waals surface area contributed by atoms with Crippen LogP contribution in [0.5, 0.6) is 0 Å². The van der Waals surface area contributed by atoms with Crippen LogP contribution in [-0.4, -0.2) is 28.6 Å². The van der Waals surface area contributed by atoms with Gasteiger partial charge in [-0.1, -0.05) is 12.2 Å². The number of aryl methyl sites for hydroxylation is 1. The molecule has 0 fully saturated rings. The Labute approximate surface area is 119 Å². The molecule has 6 heteroatoms. The van der Waals surface area contributed by atoms with Gasteiger partial charge in [-0.05, 0) is 13.8 Å². The number of aliphatic imine (C=N–C) groups is 1. The van der Waals surface area contributed by atoms with Gasteiger partial charge in [-0.2, -0.15) is 0 Å². The molecule has 0 saturated carbocycles. The van der Waals surface area contributed by atoms with Crippen molar-refractivity contribution in [2.24, 2.45) is 10.7 Å². The Morgan fingerprint density at radius 2 is 2.35 bits per heavy atom. The minimum Gasteiger partial charge on any atom is -0.370 e. The predicted octanol–water partition coefficient (Wildman–Crippen LogP) is 1.29. The van der Waals surface area contributed by atoms with E-state index in [9.17, 15) is 0 Å². The fourth-order valence-corrected chi connectivity index (χ4v) is 1.22. The lowest BCUT2D eigenvalue weighted by Gasteiger charge is -2.07. The molecular formula is C11H20IN5. The molecule has 0 saturated heterocycles. The van der Waals surface area contributed by atoms with Crippen LogP contribution in [0.2, 0.25) is 0 Å². The van der Waals surface area contributed by atoms with Gasteiger partial charge in [-0.25, -0.2) is 9.98 Å². The van der Waals surface area contributed by atoms with Crippen molar-refractivity contribution in [2.75, 3.05) is 13.1 Å². The SMILES string of the molecule is C=C(C)CN=C(N)NCCn1ccnc1C.I. The molecule has 1 heterocycles. The summed E-state index contributed by atoms with van der Waals surface area (Å²) in [6.45, 7) is 9.79. The molecule has 96 valence electrons. The zero-order valence-corrected chi connectivity index (χ0v) is 12.6. The molecule has 0 aliphatic carbocycles. The molecule has 3 N–H and O–H groups in total. The molecule has 0 spiro atoms. The van der Waals surface area contributed by atoms with E-state index in [-0.39, 0.29) is 24.0 Å². The second-order valence-electron chi connectivity index (χ2n) is 3.75. The van der Waals surface area contributed by atoms with Crippen LogP contribution >= 0.6 is 24.0 Å². The van der Waals surface area contributed by atoms with E-state index in [0.717, 1.165) is 24.5 Å². The minimum atomic E-state index is 0. The Balaban J connectivity index is 0.00000256. The van der Waals surface area contributed by atoms with Crippen molar-refractivity contribution in [3.8, 4) is 0 Å². The van der Waals surface area contributed by atoms with Gasteiger partial charge >= 0.3 is 0 Å². The molecule has 1 aromatic heterocycles. The van der Waals surface area contributed by atoms with Crippen molar-refractivity contribution in [1.29, 1.82) is 0 Å². The molecule has 0 amide bonds. The van der Waals surface area contributed by atoms with Crippen molar-refractivity contribution in [1.82, 2.24) is 14.9 Å². The predicted molar refractivity (Wildman–Crippen MR) is 81.7 cm³/mol. The molecule has 0 aliphatic rings. The van der Waals surface area contributed by atoms with Crippen LogP contribution < -0.4 is 11.1 Å². The zero-order chi connectivity index (χ0) is 12.0. The third-order valence-corrected chi connectivity index (χ3v) is 2.10. The molecule has 0 radical (unpaired) electrons. The smallest absolute Gasteiger partial charge is 0.188 e. The normalized spacial score (nSPS) is 10.8. The maximum atomic E-state index is 5.67. The van der Waals surface area contributed by atoms with E-state index in [1.54, 1.807) is 6.20 Å². The zero-order valence-electron chi connectivity index (χ0n) is 10.3. The maximum absolute atomic E-state index is 5.67. The highest BCUT2D eigenvalue weighted by molar-refractivity contribution is 14.0. The summed E-state index contributed by atoms with van der Waals surface area (Å²) in [5.74, 6) is 1.46. The Hall–Kier alpha value is -1.05. The van der Waals surface area contributed by atoms with Crippen LogP contribution in [-0.2, 0) is 6.54 Å². The highest BCUT2D eigenvalue weighted by Crippen LogP contribution is 1.93. The summed E-state index contributed by atoms with van der Waals surface area (Å²) in [5.41, 5.74) is 6.67. The van der Waals surface area contributed by atoms with Crippen LogP contribution in [0.4, 0.5) is 0 Å². The molecule has 0 unspecified atom stereocenters. The quantitative estimate of drug-likeness (QED) is 0.364. The van der Waals surface area contributed by atoms with E-state index in [4.69, 9.17) is 5.73 Å². The number of hydrogen-bond donors (Lipinski definition) is 2. The molecule has 0 aromatic carbocycles. The van der Waals surface area contributed by atoms with Crippen LogP contribution in [0.25, 0.3) is 0 Å². The number of hydrogen-bond acceptors (Lipinski definition) is 2. The fraction of sp³-hybridized carbons (Fsp3) is 0.455. The third kappa shape index (κ3) is 6.30. The topological polar surface area (TPSA) is 68.2 Å². The molecule has 0 aliphatic heterocycles. The van der Waals surface area contributed by atoms with Gasteiger partial charge in [0.15, 0.2) is 5.96 Å². The standard InChI is InChI=1S/C11H19N5.HI/c1-9(2)8-15-11(12)14-5-7-16-6-4-13-10(16)3;/h4,6H,1,5,7-8H2,2-3H3,(H3,12,14,15);1H. The van der Waals surface area contributed by atoms with Crippen molar-refractivity contribution in [3.63, 3.8) is 0 Å². The average Bonchev–Trinajstić information content (AvgIpc) is 2.61. The molecule has 0 atom stereocenters. The van der Waals surface area contributed by atoms with Gasteiger partial charge in [0.25, 0.3) is 0 Å². The molecule has 1 rings (SSSR count). The van der Waals surface area contributed by atoms with Gasteiger partial charge < -0.3 is 15.6 Å². The Kier molecular flexibility index (Phi) is 7.60. The Morgan fingerprint density at radius 1 is 1.65 bits per heavy atom. The first-order valence-corrected chi connectivity index (χ1v) is 5.25. The first-order valence-electron chi connectivity index (χ1n) is 5.25. The van der Waals surface area contributed by atoms with E-state index in [0.29, 0.717) is 12.5 Å². The third-order valence-electron chi connectivity index (χ3n) is 2.10. The highest BCUT2D eigenvalue weighted by atomic mass is 127. The van der Waals surface area contributed by atoms with E-state index in [1.165, 1.54) is 0 Å². The maximum Gasteiger partial charge on any atom is 0.188 e. The van der Waals surface area contributed by atoms with Gasteiger partial charge in [0, 0.05) is 25.5 Å². The number of aromatic nitrogens is 2.